The standard InChI is InChI=1S/C25H25F5N4O6S/c1-34(2)41(36,37)21-6-17(23(35)22-15(8-27)14(7-26)11-32-18(22)9-28)33-24(16(21)10-31)38-12-13-3-4-19-20(5-13)40-25(29,30)39-19/h3-5,11,16-17,21,24,33H,6-9,12H2,1-2H3. The molecule has 2 aliphatic rings. The van der Waals surface area contributed by atoms with Crippen molar-refractivity contribution in [2.24, 2.45) is 5.92 Å². The Morgan fingerprint density at radius 2 is 1.90 bits per heavy atom. The SMILES string of the molecule is CN(C)S(=O)(=O)C1CC(C(=O)c2c(CF)ncc(CF)c2CF)NC(OCc2ccc3c(c2)OC(F)(F)O3)C1C#N. The molecule has 1 saturated heterocycles. The number of hydrogen-bond acceptors (Lipinski definition) is 9. The predicted octanol–water partition coefficient (Wildman–Crippen LogP) is 3.30. The Bertz CT molecular complexity index is 1470. The van der Waals surface area contributed by atoms with Gasteiger partial charge in [0.1, 0.15) is 32.2 Å². The highest BCUT2D eigenvalue weighted by molar-refractivity contribution is 7.89. The molecule has 16 heteroatoms. The Kier molecular flexibility index (Phi) is 8.83. The predicted molar refractivity (Wildman–Crippen MR) is 131 cm³/mol. The van der Waals surface area contributed by atoms with Crippen LogP contribution in [0.2, 0.25) is 0 Å². The Balaban J connectivity index is 1.68. The number of pyridine rings is 1. The molecule has 0 spiro atoms. The summed E-state index contributed by atoms with van der Waals surface area (Å²) in [6.07, 6.45) is -4.83. The molecule has 2 aliphatic heterocycles. The summed E-state index contributed by atoms with van der Waals surface area (Å²) in [6.45, 7) is -4.13. The van der Waals surface area contributed by atoms with Crippen LogP contribution in [0.25, 0.3) is 0 Å². The van der Waals surface area contributed by atoms with E-state index >= 15 is 0 Å². The first kappa shape index (κ1) is 30.6. The van der Waals surface area contributed by atoms with Gasteiger partial charge >= 0.3 is 6.29 Å². The number of nitrogens with one attached hydrogen (secondary N) is 1. The van der Waals surface area contributed by atoms with E-state index < -0.39 is 88.8 Å². The van der Waals surface area contributed by atoms with E-state index in [2.05, 4.69) is 19.8 Å². The van der Waals surface area contributed by atoms with E-state index in [9.17, 15) is 40.4 Å². The van der Waals surface area contributed by atoms with E-state index in [0.29, 0.717) is 0 Å². The minimum Gasteiger partial charge on any atom is -0.395 e. The fourth-order valence-corrected chi connectivity index (χ4v) is 6.29. The number of aromatic nitrogens is 1. The quantitative estimate of drug-likeness (QED) is 0.321. The number of rotatable bonds is 10. The van der Waals surface area contributed by atoms with Crippen LogP contribution in [0, 0.1) is 17.2 Å². The van der Waals surface area contributed by atoms with E-state index in [0.717, 1.165) is 10.5 Å². The van der Waals surface area contributed by atoms with E-state index in [1.807, 2.05) is 6.07 Å². The average molecular weight is 605 g/mol. The molecule has 4 rings (SSSR count). The van der Waals surface area contributed by atoms with Gasteiger partial charge < -0.3 is 14.2 Å². The fraction of sp³-hybridized carbons (Fsp3) is 0.480. The Hall–Kier alpha value is -3.39. The van der Waals surface area contributed by atoms with Crippen LogP contribution in [0.15, 0.2) is 24.4 Å². The van der Waals surface area contributed by atoms with Crippen LogP contribution >= 0.6 is 0 Å². The number of Topliss-reactive ketones (excluding diaryl/α,β-unsaturated/α-hetero) is 1. The van der Waals surface area contributed by atoms with Gasteiger partial charge in [0.25, 0.3) is 0 Å². The molecule has 0 aliphatic carbocycles. The summed E-state index contributed by atoms with van der Waals surface area (Å²) < 4.78 is 110. The molecule has 10 nitrogen and oxygen atoms in total. The number of ether oxygens (including phenoxy) is 3. The molecule has 1 N–H and O–H groups in total. The third-order valence-electron chi connectivity index (χ3n) is 6.82. The van der Waals surface area contributed by atoms with Crippen molar-refractivity contribution in [3.8, 4) is 17.6 Å². The highest BCUT2D eigenvalue weighted by Crippen LogP contribution is 2.41. The molecule has 0 amide bonds. The molecule has 4 atom stereocenters. The number of benzene rings is 1. The maximum Gasteiger partial charge on any atom is 0.586 e. The van der Waals surface area contributed by atoms with E-state index in [-0.39, 0.29) is 29.2 Å². The van der Waals surface area contributed by atoms with Gasteiger partial charge in [-0.05, 0) is 24.1 Å². The lowest BCUT2D eigenvalue weighted by atomic mass is 9.87. The van der Waals surface area contributed by atoms with Gasteiger partial charge in [-0.2, -0.15) is 5.26 Å². The van der Waals surface area contributed by atoms with Crippen molar-refractivity contribution in [3.63, 3.8) is 0 Å². The van der Waals surface area contributed by atoms with Crippen LogP contribution in [0.1, 0.15) is 39.2 Å². The maximum absolute atomic E-state index is 14.0. The van der Waals surface area contributed by atoms with Crippen LogP contribution in [0.4, 0.5) is 22.0 Å². The lowest BCUT2D eigenvalue weighted by Gasteiger charge is -2.39. The number of hydrogen-bond donors (Lipinski definition) is 1. The molecule has 222 valence electrons. The van der Waals surface area contributed by atoms with Gasteiger partial charge in [-0.25, -0.2) is 25.9 Å². The summed E-state index contributed by atoms with van der Waals surface area (Å²) in [7, 11) is -1.73. The van der Waals surface area contributed by atoms with Gasteiger partial charge in [0.05, 0.1) is 29.7 Å². The largest absolute Gasteiger partial charge is 0.586 e. The van der Waals surface area contributed by atoms with E-state index in [1.165, 1.54) is 32.3 Å². The first-order chi connectivity index (χ1) is 19.4. The number of piperidine rings is 1. The van der Waals surface area contributed by atoms with Crippen LogP contribution in [0.3, 0.4) is 0 Å². The fourth-order valence-electron chi connectivity index (χ4n) is 4.74. The third-order valence-corrected chi connectivity index (χ3v) is 9.09. The number of carbonyl (C=O) groups is 1. The maximum atomic E-state index is 14.0. The van der Waals surface area contributed by atoms with Crippen LogP contribution in [0.5, 0.6) is 11.5 Å². The lowest BCUT2D eigenvalue weighted by Crippen LogP contribution is -2.60. The van der Waals surface area contributed by atoms with E-state index in [4.69, 9.17) is 4.74 Å². The second-order valence-electron chi connectivity index (χ2n) is 9.50. The molecule has 3 heterocycles. The van der Waals surface area contributed by atoms with Crippen LogP contribution < -0.4 is 14.8 Å². The molecule has 41 heavy (non-hydrogen) atoms. The summed E-state index contributed by atoms with van der Waals surface area (Å²) in [4.78, 5) is 17.4. The first-order valence-electron chi connectivity index (χ1n) is 12.2. The number of nitrogens with zero attached hydrogens (tertiary/aromatic N) is 3. The average Bonchev–Trinajstić information content (AvgIpc) is 3.26. The minimum atomic E-state index is -4.20. The molecule has 4 unspecified atom stereocenters. The number of fused-ring (bicyclic) bond motifs is 1. The second kappa shape index (κ2) is 11.8. The molecular formula is C25H25F5N4O6S. The molecule has 1 aromatic carbocycles. The number of alkyl halides is 5. The van der Waals surface area contributed by atoms with Crippen molar-refractivity contribution >= 4 is 15.8 Å². The molecule has 1 fully saturated rings. The number of ketones is 1. The summed E-state index contributed by atoms with van der Waals surface area (Å²) >= 11 is 0. The summed E-state index contributed by atoms with van der Waals surface area (Å²) in [6, 6.07) is 4.23. The van der Waals surface area contributed by atoms with Crippen molar-refractivity contribution in [3.05, 3.63) is 52.3 Å². The number of halogens is 5. The summed E-state index contributed by atoms with van der Waals surface area (Å²) in [5.74, 6) is -2.82. The van der Waals surface area contributed by atoms with Gasteiger partial charge in [-0.3, -0.25) is 15.1 Å². The zero-order valence-electron chi connectivity index (χ0n) is 21.7. The number of nitriles is 1. The van der Waals surface area contributed by atoms with Gasteiger partial charge in [0.2, 0.25) is 10.0 Å². The minimum absolute atomic E-state index is 0.219. The zero-order chi connectivity index (χ0) is 30.1. The highest BCUT2D eigenvalue weighted by atomic mass is 32.2. The Morgan fingerprint density at radius 1 is 1.20 bits per heavy atom. The molecule has 0 bridgehead atoms. The van der Waals surface area contributed by atoms with Crippen LogP contribution in [-0.4, -0.2) is 61.4 Å². The topological polar surface area (TPSA) is 131 Å². The first-order valence-corrected chi connectivity index (χ1v) is 13.7. The van der Waals surface area contributed by atoms with E-state index in [1.54, 1.807) is 0 Å². The van der Waals surface area contributed by atoms with Crippen molar-refractivity contribution in [2.45, 2.75) is 56.9 Å². The molecular weight excluding hydrogens is 579 g/mol. The van der Waals surface area contributed by atoms with Crippen molar-refractivity contribution < 1.29 is 49.4 Å². The lowest BCUT2D eigenvalue weighted by molar-refractivity contribution is -0.286. The highest BCUT2D eigenvalue weighted by Gasteiger charge is 2.48. The smallest absolute Gasteiger partial charge is 0.395 e. The normalized spacial score (nSPS) is 23.4. The molecule has 2 aromatic rings. The number of carbonyl (C=O) groups excluding carboxylic acids is 1. The number of sulfonamides is 1. The van der Waals surface area contributed by atoms with Gasteiger partial charge in [0, 0.05) is 37.0 Å². The second-order valence-corrected chi connectivity index (χ2v) is 11.9. The van der Waals surface area contributed by atoms with Crippen molar-refractivity contribution in [1.82, 2.24) is 14.6 Å². The monoisotopic (exact) mass is 604 g/mol. The van der Waals surface area contributed by atoms with Gasteiger partial charge in [0.15, 0.2) is 17.3 Å². The summed E-state index contributed by atoms with van der Waals surface area (Å²) in [5, 5.41) is 11.2. The molecule has 0 saturated carbocycles. The van der Waals surface area contributed by atoms with Gasteiger partial charge in [-0.15, -0.1) is 8.78 Å². The molecule has 1 aromatic heterocycles. The third kappa shape index (κ3) is 5.98. The zero-order valence-corrected chi connectivity index (χ0v) is 22.6. The molecule has 0 radical (unpaired) electrons. The summed E-state index contributed by atoms with van der Waals surface area (Å²) in [5.41, 5.74) is -1.37. The van der Waals surface area contributed by atoms with Crippen molar-refractivity contribution in [1.29, 1.82) is 5.26 Å². The Labute approximate surface area is 232 Å². The van der Waals surface area contributed by atoms with Gasteiger partial charge in [-0.1, -0.05) is 6.07 Å². The Morgan fingerprint density at radius 3 is 2.51 bits per heavy atom. The van der Waals surface area contributed by atoms with Crippen molar-refractivity contribution in [2.75, 3.05) is 14.1 Å². The van der Waals surface area contributed by atoms with Crippen LogP contribution in [-0.2, 0) is 41.4 Å².